The van der Waals surface area contributed by atoms with E-state index in [2.05, 4.69) is 9.98 Å². The number of hydrogen-bond acceptors (Lipinski definition) is 5. The van der Waals surface area contributed by atoms with E-state index in [0.29, 0.717) is 28.3 Å². The Bertz CT molecular complexity index is 681. The summed E-state index contributed by atoms with van der Waals surface area (Å²) < 4.78 is 5.26. The lowest BCUT2D eigenvalue weighted by molar-refractivity contribution is 0.280. The van der Waals surface area contributed by atoms with E-state index < -0.39 is 0 Å². The molecule has 0 spiro atoms. The number of rotatable bonds is 4. The summed E-state index contributed by atoms with van der Waals surface area (Å²) in [4.78, 5) is 8.39. The summed E-state index contributed by atoms with van der Waals surface area (Å²) in [7, 11) is 1.58. The van der Waals surface area contributed by atoms with E-state index in [-0.39, 0.29) is 12.4 Å². The molecule has 0 bridgehead atoms. The molecule has 0 fully saturated rings. The van der Waals surface area contributed by atoms with Crippen LogP contribution in [0.1, 0.15) is 22.4 Å². The molecule has 5 nitrogen and oxygen atoms in total. The molecule has 1 aromatic carbocycles. The number of nitrogens with zero attached hydrogens (tertiary/aromatic N) is 2. The van der Waals surface area contributed by atoms with Gasteiger partial charge in [-0.05, 0) is 31.5 Å². The first-order valence-electron chi connectivity index (χ1n) is 6.53. The molecular formula is C16H18N2O3. The number of aliphatic hydroxyl groups is 1. The highest BCUT2D eigenvalue weighted by Gasteiger charge is 2.10. The quantitative estimate of drug-likeness (QED) is 0.847. The van der Waals surface area contributed by atoms with Gasteiger partial charge in [-0.1, -0.05) is 6.07 Å². The molecule has 0 aliphatic heterocycles. The van der Waals surface area contributed by atoms with Gasteiger partial charge in [-0.2, -0.15) is 0 Å². The molecule has 0 radical (unpaired) electrons. The van der Waals surface area contributed by atoms with E-state index in [1.807, 2.05) is 25.1 Å². The highest BCUT2D eigenvalue weighted by molar-refractivity contribution is 5.88. The first kappa shape index (κ1) is 15.0. The molecule has 2 rings (SSSR count). The molecule has 2 N–H and O–H groups in total. The summed E-state index contributed by atoms with van der Waals surface area (Å²) in [5.74, 6) is 0.671. The van der Waals surface area contributed by atoms with E-state index in [0.717, 1.165) is 5.56 Å². The summed E-state index contributed by atoms with van der Waals surface area (Å²) in [5.41, 5.74) is 3.20. The van der Waals surface area contributed by atoms with Gasteiger partial charge in [0.25, 0.3) is 0 Å². The van der Waals surface area contributed by atoms with Gasteiger partial charge in [-0.3, -0.25) is 9.98 Å². The average Bonchev–Trinajstić information content (AvgIpc) is 2.49. The number of methoxy groups -OCH3 is 1. The third-order valence-electron chi connectivity index (χ3n) is 3.20. The predicted molar refractivity (Wildman–Crippen MR) is 81.5 cm³/mol. The van der Waals surface area contributed by atoms with Crippen molar-refractivity contribution in [2.75, 3.05) is 7.11 Å². The van der Waals surface area contributed by atoms with Crippen LogP contribution in [-0.2, 0) is 6.61 Å². The fourth-order valence-electron chi connectivity index (χ4n) is 1.96. The zero-order valence-corrected chi connectivity index (χ0v) is 12.3. The Balaban J connectivity index is 2.47. The zero-order chi connectivity index (χ0) is 15.4. The maximum Gasteiger partial charge on any atom is 0.145 e. The molecule has 0 saturated heterocycles. The minimum atomic E-state index is -0.215. The SMILES string of the molecule is COc1ccc(C)cc1N=Cc1c(CO)cnc(C)c1O. The highest BCUT2D eigenvalue weighted by atomic mass is 16.5. The molecule has 21 heavy (non-hydrogen) atoms. The third-order valence-corrected chi connectivity index (χ3v) is 3.20. The Morgan fingerprint density at radius 2 is 2.10 bits per heavy atom. The lowest BCUT2D eigenvalue weighted by Gasteiger charge is -2.08. The highest BCUT2D eigenvalue weighted by Crippen LogP contribution is 2.29. The van der Waals surface area contributed by atoms with Crippen LogP contribution in [0.3, 0.4) is 0 Å². The van der Waals surface area contributed by atoms with Gasteiger partial charge in [0.1, 0.15) is 17.2 Å². The van der Waals surface area contributed by atoms with E-state index in [1.165, 1.54) is 12.4 Å². The minimum absolute atomic E-state index is 0.0249. The van der Waals surface area contributed by atoms with Crippen LogP contribution in [0.15, 0.2) is 29.4 Å². The second kappa shape index (κ2) is 6.37. The second-order valence-corrected chi connectivity index (χ2v) is 4.72. The largest absolute Gasteiger partial charge is 0.505 e. The first-order valence-corrected chi connectivity index (χ1v) is 6.53. The van der Waals surface area contributed by atoms with Gasteiger partial charge in [-0.15, -0.1) is 0 Å². The summed E-state index contributed by atoms with van der Waals surface area (Å²) in [5, 5.41) is 19.4. The number of aliphatic hydroxyl groups excluding tert-OH is 1. The molecule has 1 aromatic heterocycles. The van der Waals surface area contributed by atoms with Crippen LogP contribution < -0.4 is 4.74 Å². The molecule has 0 aliphatic carbocycles. The second-order valence-electron chi connectivity index (χ2n) is 4.72. The maximum absolute atomic E-state index is 10.1. The van der Waals surface area contributed by atoms with Gasteiger partial charge in [-0.25, -0.2) is 0 Å². The predicted octanol–water partition coefficient (Wildman–Crippen LogP) is 2.66. The van der Waals surface area contributed by atoms with Gasteiger partial charge in [0.2, 0.25) is 0 Å². The Kier molecular flexibility index (Phi) is 4.55. The van der Waals surface area contributed by atoms with E-state index >= 15 is 0 Å². The molecule has 0 atom stereocenters. The lowest BCUT2D eigenvalue weighted by atomic mass is 10.1. The number of aromatic hydroxyl groups is 1. The minimum Gasteiger partial charge on any atom is -0.505 e. The number of ether oxygens (including phenoxy) is 1. The molecule has 5 heteroatoms. The van der Waals surface area contributed by atoms with Crippen LogP contribution in [0.5, 0.6) is 11.5 Å². The van der Waals surface area contributed by atoms with Crippen molar-refractivity contribution in [3.05, 3.63) is 46.8 Å². The molecular weight excluding hydrogens is 268 g/mol. The molecule has 0 unspecified atom stereocenters. The first-order chi connectivity index (χ1) is 10.1. The molecule has 0 aliphatic rings. The molecule has 1 heterocycles. The lowest BCUT2D eigenvalue weighted by Crippen LogP contribution is -1.98. The summed E-state index contributed by atoms with van der Waals surface area (Å²) in [6.45, 7) is 3.44. The number of aryl methyl sites for hydroxylation is 2. The molecule has 0 amide bonds. The van der Waals surface area contributed by atoms with Crippen molar-refractivity contribution < 1.29 is 14.9 Å². The van der Waals surface area contributed by atoms with Crippen LogP contribution in [0, 0.1) is 13.8 Å². The van der Waals surface area contributed by atoms with Crippen LogP contribution in [0.25, 0.3) is 0 Å². The van der Waals surface area contributed by atoms with Crippen LogP contribution >= 0.6 is 0 Å². The Morgan fingerprint density at radius 3 is 2.76 bits per heavy atom. The van der Waals surface area contributed by atoms with Crippen molar-refractivity contribution in [2.24, 2.45) is 4.99 Å². The van der Waals surface area contributed by atoms with Gasteiger partial charge in [0.15, 0.2) is 0 Å². The standard InChI is InChI=1S/C16H18N2O3/c1-10-4-5-15(21-3)14(6-10)18-8-13-12(9-19)7-17-11(2)16(13)20/h4-8,19-20H,9H2,1-3H3. The van der Waals surface area contributed by atoms with Gasteiger partial charge < -0.3 is 14.9 Å². The van der Waals surface area contributed by atoms with E-state index in [4.69, 9.17) is 4.74 Å². The fraction of sp³-hybridized carbons (Fsp3) is 0.250. The number of benzene rings is 1. The average molecular weight is 286 g/mol. The Morgan fingerprint density at radius 1 is 1.33 bits per heavy atom. The van der Waals surface area contributed by atoms with Crippen molar-refractivity contribution in [2.45, 2.75) is 20.5 Å². The summed E-state index contributed by atoms with van der Waals surface area (Å²) in [6.07, 6.45) is 3.05. The van der Waals surface area contributed by atoms with Gasteiger partial charge in [0.05, 0.1) is 19.4 Å². The Labute approximate surface area is 123 Å². The number of pyridine rings is 1. The monoisotopic (exact) mass is 286 g/mol. The van der Waals surface area contributed by atoms with Gasteiger partial charge >= 0.3 is 0 Å². The maximum atomic E-state index is 10.1. The van der Waals surface area contributed by atoms with Crippen molar-refractivity contribution >= 4 is 11.9 Å². The van der Waals surface area contributed by atoms with Crippen molar-refractivity contribution in [3.8, 4) is 11.5 Å². The van der Waals surface area contributed by atoms with Crippen LogP contribution in [-0.4, -0.2) is 28.5 Å². The normalized spacial score (nSPS) is 11.0. The third kappa shape index (κ3) is 3.20. The van der Waals surface area contributed by atoms with Crippen molar-refractivity contribution in [3.63, 3.8) is 0 Å². The number of hydrogen-bond donors (Lipinski definition) is 2. The number of aromatic nitrogens is 1. The van der Waals surface area contributed by atoms with Gasteiger partial charge in [0, 0.05) is 23.5 Å². The Hall–Kier alpha value is -2.40. The van der Waals surface area contributed by atoms with E-state index in [9.17, 15) is 10.2 Å². The zero-order valence-electron chi connectivity index (χ0n) is 12.3. The summed E-state index contributed by atoms with van der Waals surface area (Å²) >= 11 is 0. The molecule has 0 saturated carbocycles. The van der Waals surface area contributed by atoms with Crippen LogP contribution in [0.4, 0.5) is 5.69 Å². The van der Waals surface area contributed by atoms with Crippen LogP contribution in [0.2, 0.25) is 0 Å². The smallest absolute Gasteiger partial charge is 0.145 e. The molecule has 110 valence electrons. The molecule has 2 aromatic rings. The van der Waals surface area contributed by atoms with Crippen molar-refractivity contribution in [1.82, 2.24) is 4.98 Å². The van der Waals surface area contributed by atoms with Crippen molar-refractivity contribution in [1.29, 1.82) is 0 Å². The fourth-order valence-corrected chi connectivity index (χ4v) is 1.96. The van der Waals surface area contributed by atoms with E-state index in [1.54, 1.807) is 14.0 Å². The number of aliphatic imine (C=N–C) groups is 1. The topological polar surface area (TPSA) is 74.9 Å². The summed E-state index contributed by atoms with van der Waals surface area (Å²) in [6, 6.07) is 5.66.